The number of rotatable bonds is 9. The summed E-state index contributed by atoms with van der Waals surface area (Å²) in [5.41, 5.74) is 10.3. The second-order valence-corrected chi connectivity index (χ2v) is 5.91. The Hall–Kier alpha value is -2.78. The van der Waals surface area contributed by atoms with E-state index in [0.29, 0.717) is 18.7 Å². The highest BCUT2D eigenvalue weighted by Crippen LogP contribution is 2.20. The van der Waals surface area contributed by atoms with Crippen molar-refractivity contribution >= 4 is 11.8 Å². The first kappa shape index (κ1) is 20.5. The summed E-state index contributed by atoms with van der Waals surface area (Å²) in [5.74, 6) is -1.22. The molecule has 2 aromatic rings. The van der Waals surface area contributed by atoms with E-state index in [9.17, 15) is 9.59 Å². The van der Waals surface area contributed by atoms with Crippen LogP contribution in [-0.4, -0.2) is 47.9 Å². The minimum atomic E-state index is -1.01. The van der Waals surface area contributed by atoms with Crippen molar-refractivity contribution in [3.8, 4) is 11.1 Å². The van der Waals surface area contributed by atoms with Gasteiger partial charge in [0.25, 0.3) is 11.8 Å². The maximum atomic E-state index is 12.2. The maximum absolute atomic E-state index is 12.2. The van der Waals surface area contributed by atoms with Gasteiger partial charge in [0.15, 0.2) is 0 Å². The van der Waals surface area contributed by atoms with Gasteiger partial charge in [-0.3, -0.25) is 14.8 Å². The maximum Gasteiger partial charge on any atom is 0.267 e. The zero-order chi connectivity index (χ0) is 19.6. The second kappa shape index (κ2) is 10.4. The molecule has 0 aliphatic rings. The number of aliphatic hydroxyl groups excluding tert-OH is 1. The van der Waals surface area contributed by atoms with E-state index in [-0.39, 0.29) is 13.2 Å². The molecule has 0 aliphatic carbocycles. The van der Waals surface area contributed by atoms with Crippen molar-refractivity contribution in [3.05, 3.63) is 59.7 Å². The van der Waals surface area contributed by atoms with Crippen molar-refractivity contribution in [1.82, 2.24) is 16.1 Å². The lowest BCUT2D eigenvalue weighted by Gasteiger charge is -2.14. The van der Waals surface area contributed by atoms with Gasteiger partial charge in [-0.15, -0.1) is 0 Å². The van der Waals surface area contributed by atoms with Crippen LogP contribution in [0, 0.1) is 0 Å². The van der Waals surface area contributed by atoms with Crippen molar-refractivity contribution in [3.63, 3.8) is 0 Å². The monoisotopic (exact) mass is 372 g/mol. The molecule has 8 heteroatoms. The van der Waals surface area contributed by atoms with Crippen molar-refractivity contribution in [2.24, 2.45) is 5.73 Å². The quantitative estimate of drug-likeness (QED) is 0.208. The van der Waals surface area contributed by atoms with Crippen molar-refractivity contribution in [2.45, 2.75) is 12.6 Å². The van der Waals surface area contributed by atoms with Crippen LogP contribution < -0.4 is 21.8 Å². The first-order valence-electron chi connectivity index (χ1n) is 8.55. The Balaban J connectivity index is 2.01. The van der Waals surface area contributed by atoms with Crippen LogP contribution in [0.3, 0.4) is 0 Å². The van der Waals surface area contributed by atoms with Crippen LogP contribution in [0.15, 0.2) is 48.5 Å². The van der Waals surface area contributed by atoms with Gasteiger partial charge < -0.3 is 21.5 Å². The van der Waals surface area contributed by atoms with Crippen LogP contribution in [-0.2, 0) is 11.3 Å². The topological polar surface area (TPSA) is 137 Å². The number of amides is 2. The number of benzene rings is 2. The molecule has 1 atom stereocenters. The fraction of sp³-hybridized carbons (Fsp3) is 0.263. The molecule has 0 saturated heterocycles. The Bertz CT molecular complexity index is 747. The summed E-state index contributed by atoms with van der Waals surface area (Å²) >= 11 is 0. The zero-order valence-electron chi connectivity index (χ0n) is 14.8. The van der Waals surface area contributed by atoms with Crippen LogP contribution in [0.25, 0.3) is 11.1 Å². The molecule has 2 aromatic carbocycles. The lowest BCUT2D eigenvalue weighted by molar-refractivity contribution is -0.130. The standard InChI is InChI=1S/C19H24N4O4/c20-11-17(19(26)23-27)22-18(25)16-7-5-15(6-8-16)14-3-1-13(2-4-14)12-21-9-10-24/h1-8,17,21,24,27H,9-12,20H2,(H,22,25)(H,23,26)/t17-/m0/s1. The van der Waals surface area contributed by atoms with E-state index in [1.165, 1.54) is 5.48 Å². The summed E-state index contributed by atoms with van der Waals surface area (Å²) in [6.45, 7) is 1.21. The van der Waals surface area contributed by atoms with E-state index in [4.69, 9.17) is 16.0 Å². The predicted molar refractivity (Wildman–Crippen MR) is 101 cm³/mol. The van der Waals surface area contributed by atoms with E-state index in [0.717, 1.165) is 16.7 Å². The van der Waals surface area contributed by atoms with Crippen molar-refractivity contribution < 1.29 is 19.9 Å². The van der Waals surface area contributed by atoms with Crippen molar-refractivity contribution in [2.75, 3.05) is 19.7 Å². The van der Waals surface area contributed by atoms with Crippen LogP contribution in [0.5, 0.6) is 0 Å². The molecule has 0 saturated carbocycles. The highest BCUT2D eigenvalue weighted by atomic mass is 16.5. The van der Waals surface area contributed by atoms with Gasteiger partial charge >= 0.3 is 0 Å². The Morgan fingerprint density at radius 1 is 1.00 bits per heavy atom. The van der Waals surface area contributed by atoms with Crippen LogP contribution in [0.2, 0.25) is 0 Å². The van der Waals surface area contributed by atoms with E-state index < -0.39 is 17.9 Å². The van der Waals surface area contributed by atoms with E-state index in [2.05, 4.69) is 10.6 Å². The van der Waals surface area contributed by atoms with Gasteiger partial charge in [-0.2, -0.15) is 0 Å². The number of hydrogen-bond acceptors (Lipinski definition) is 6. The predicted octanol–water partition coefficient (Wildman–Crippen LogP) is -0.00200. The lowest BCUT2D eigenvalue weighted by Crippen LogP contribution is -2.50. The molecule has 7 N–H and O–H groups in total. The molecule has 0 aromatic heterocycles. The van der Waals surface area contributed by atoms with Gasteiger partial charge in [0, 0.05) is 25.2 Å². The third kappa shape index (κ3) is 5.87. The minimum absolute atomic E-state index is 0.106. The molecule has 8 nitrogen and oxygen atoms in total. The molecule has 0 aliphatic heterocycles. The summed E-state index contributed by atoms with van der Waals surface area (Å²) in [6, 6.07) is 13.9. The van der Waals surface area contributed by atoms with Gasteiger partial charge in [0.05, 0.1) is 6.61 Å². The molecule has 2 rings (SSSR count). The number of hydroxylamine groups is 1. The number of nitrogens with one attached hydrogen (secondary N) is 3. The molecule has 2 amide bonds. The Morgan fingerprint density at radius 3 is 2.11 bits per heavy atom. The minimum Gasteiger partial charge on any atom is -0.395 e. The molecule has 144 valence electrons. The molecule has 0 bridgehead atoms. The van der Waals surface area contributed by atoms with Gasteiger partial charge in [0.2, 0.25) is 0 Å². The average Bonchev–Trinajstić information content (AvgIpc) is 2.72. The summed E-state index contributed by atoms with van der Waals surface area (Å²) in [7, 11) is 0. The number of carbonyl (C=O) groups excluding carboxylic acids is 2. The van der Waals surface area contributed by atoms with E-state index in [1.807, 2.05) is 36.4 Å². The first-order chi connectivity index (χ1) is 13.1. The SMILES string of the molecule is NC[C@H](NC(=O)c1ccc(-c2ccc(CNCCO)cc2)cc1)C(=O)NO. The molecule has 27 heavy (non-hydrogen) atoms. The smallest absolute Gasteiger partial charge is 0.267 e. The number of carbonyl (C=O) groups is 2. The van der Waals surface area contributed by atoms with E-state index >= 15 is 0 Å². The largest absolute Gasteiger partial charge is 0.395 e. The van der Waals surface area contributed by atoms with Crippen molar-refractivity contribution in [1.29, 1.82) is 0 Å². The summed E-state index contributed by atoms with van der Waals surface area (Å²) in [5, 5.41) is 23.0. The third-order valence-electron chi connectivity index (χ3n) is 4.02. The normalized spacial score (nSPS) is 11.7. The highest BCUT2D eigenvalue weighted by molar-refractivity contribution is 5.97. The van der Waals surface area contributed by atoms with Crippen LogP contribution in [0.4, 0.5) is 0 Å². The van der Waals surface area contributed by atoms with Crippen LogP contribution >= 0.6 is 0 Å². The van der Waals surface area contributed by atoms with E-state index in [1.54, 1.807) is 12.1 Å². The average molecular weight is 372 g/mol. The molecule has 0 fully saturated rings. The Kier molecular flexibility index (Phi) is 7.90. The number of aliphatic hydroxyl groups is 1. The Morgan fingerprint density at radius 2 is 1.59 bits per heavy atom. The van der Waals surface area contributed by atoms with Gasteiger partial charge in [-0.25, -0.2) is 5.48 Å². The van der Waals surface area contributed by atoms with Crippen LogP contribution in [0.1, 0.15) is 15.9 Å². The zero-order valence-corrected chi connectivity index (χ0v) is 14.8. The fourth-order valence-electron chi connectivity index (χ4n) is 2.49. The van der Waals surface area contributed by atoms with Gasteiger partial charge in [-0.1, -0.05) is 36.4 Å². The molecule has 0 unspecified atom stereocenters. The highest BCUT2D eigenvalue weighted by Gasteiger charge is 2.19. The molecular formula is C19H24N4O4. The number of hydrogen-bond donors (Lipinski definition) is 6. The molecular weight excluding hydrogens is 348 g/mol. The Labute approximate surface area is 157 Å². The third-order valence-corrected chi connectivity index (χ3v) is 4.02. The summed E-state index contributed by atoms with van der Waals surface area (Å²) in [6.07, 6.45) is 0. The fourth-order valence-corrected chi connectivity index (χ4v) is 2.49. The molecule has 0 radical (unpaired) electrons. The summed E-state index contributed by atoms with van der Waals surface area (Å²) < 4.78 is 0. The van der Waals surface area contributed by atoms with Gasteiger partial charge in [0.1, 0.15) is 6.04 Å². The second-order valence-electron chi connectivity index (χ2n) is 5.91. The first-order valence-corrected chi connectivity index (χ1v) is 8.55. The summed E-state index contributed by atoms with van der Waals surface area (Å²) in [4.78, 5) is 23.6. The number of nitrogens with two attached hydrogens (primary N) is 1. The molecule has 0 heterocycles. The molecule has 0 spiro atoms. The van der Waals surface area contributed by atoms with Gasteiger partial charge in [-0.05, 0) is 28.8 Å². The lowest BCUT2D eigenvalue weighted by atomic mass is 10.0.